The Kier molecular flexibility index (Phi) is 19.1. The molecule has 0 radical (unpaired) electrons. The zero-order chi connectivity index (χ0) is 51.1. The molecule has 0 fully saturated rings. The summed E-state index contributed by atoms with van der Waals surface area (Å²) in [6, 6.07) is 16.3. The molecule has 0 aromatic heterocycles. The fourth-order valence-corrected chi connectivity index (χ4v) is 9.96. The summed E-state index contributed by atoms with van der Waals surface area (Å²) in [6.45, 7) is 3.89. The van der Waals surface area contributed by atoms with E-state index in [0.717, 1.165) is 12.1 Å². The molecular formula is C49H56F2N4O15S2. The van der Waals surface area contributed by atoms with Gasteiger partial charge in [0.2, 0.25) is 10.0 Å². The van der Waals surface area contributed by atoms with E-state index in [4.69, 9.17) is 60.6 Å². The molecule has 4 aromatic rings. The van der Waals surface area contributed by atoms with Gasteiger partial charge in [0.05, 0.1) is 90.4 Å². The Morgan fingerprint density at radius 2 is 1.28 bits per heavy atom. The number of hydrogen-bond acceptors (Lipinski definition) is 17. The smallest absolute Gasteiger partial charge is 0.340 e. The molecule has 2 heterocycles. The standard InChI is InChI=1S/C49H56F2N4O15S2/c50-40-25-31(30-52)26-41(51)45(40)55-72(60,61)44-4-2-1-3-35(44)46(58)68-24-23-67-22-21-66-20-19-65-18-17-64-16-15-63-14-13-62-12-11-53-48(71)54-32-5-8-37-36(27-32)47(59)70-49(37)38-9-6-33(56)28-42(38)69-43-29-34(57)7-10-39(43)49/h3,5-10,25-29,44,55-57H,1-2,4,11-24,30,52H2,(H2,53,54,71). The van der Waals surface area contributed by atoms with Gasteiger partial charge in [0.15, 0.2) is 22.3 Å². The Hall–Kier alpha value is -6.02. The first-order valence-electron chi connectivity index (χ1n) is 23.1. The van der Waals surface area contributed by atoms with Crippen LogP contribution in [0.3, 0.4) is 0 Å². The summed E-state index contributed by atoms with van der Waals surface area (Å²) in [5.41, 5.74) is 5.80. The van der Waals surface area contributed by atoms with Crippen LogP contribution in [0.2, 0.25) is 0 Å². The third-order valence-corrected chi connectivity index (χ3v) is 13.4. The lowest BCUT2D eigenvalue weighted by atomic mass is 9.77. The van der Waals surface area contributed by atoms with Crippen LogP contribution in [-0.2, 0) is 64.9 Å². The predicted octanol–water partition coefficient (Wildman–Crippen LogP) is 5.25. The van der Waals surface area contributed by atoms with Gasteiger partial charge in [-0.15, -0.1) is 0 Å². The number of carbonyl (C=O) groups is 2. The number of rotatable bonds is 27. The van der Waals surface area contributed by atoms with Gasteiger partial charge in [-0.25, -0.2) is 26.8 Å². The Morgan fingerprint density at radius 1 is 0.750 bits per heavy atom. The summed E-state index contributed by atoms with van der Waals surface area (Å²) >= 11 is 5.46. The fourth-order valence-electron chi connectivity index (χ4n) is 8.11. The van der Waals surface area contributed by atoms with Crippen molar-refractivity contribution in [3.8, 4) is 23.0 Å². The molecule has 0 saturated heterocycles. The van der Waals surface area contributed by atoms with Crippen molar-refractivity contribution in [2.75, 3.05) is 102 Å². The number of benzene rings is 4. The lowest BCUT2D eigenvalue weighted by molar-refractivity contribution is -0.141. The number of nitrogens with two attached hydrogens (primary N) is 1. The zero-order valence-electron chi connectivity index (χ0n) is 39.1. The van der Waals surface area contributed by atoms with Gasteiger partial charge in [-0.2, -0.15) is 0 Å². The van der Waals surface area contributed by atoms with Crippen molar-refractivity contribution in [2.45, 2.75) is 36.7 Å². The number of nitrogens with one attached hydrogen (secondary N) is 3. The van der Waals surface area contributed by atoms with E-state index in [1.54, 1.807) is 30.3 Å². The molecule has 72 heavy (non-hydrogen) atoms. The predicted molar refractivity (Wildman–Crippen MR) is 261 cm³/mol. The highest BCUT2D eigenvalue weighted by Crippen LogP contribution is 2.57. The normalized spacial score (nSPS) is 15.4. The second-order valence-electron chi connectivity index (χ2n) is 16.3. The lowest BCUT2D eigenvalue weighted by Crippen LogP contribution is -2.35. The highest BCUT2D eigenvalue weighted by molar-refractivity contribution is 7.93. The average molecular weight is 1040 g/mol. The van der Waals surface area contributed by atoms with E-state index < -0.39 is 50.1 Å². The van der Waals surface area contributed by atoms with E-state index in [1.807, 2.05) is 4.72 Å². The third-order valence-electron chi connectivity index (χ3n) is 11.5. The summed E-state index contributed by atoms with van der Waals surface area (Å²) in [4.78, 5) is 26.2. The van der Waals surface area contributed by atoms with Gasteiger partial charge < -0.3 is 69.2 Å². The molecule has 388 valence electrons. The Labute approximate surface area is 419 Å². The largest absolute Gasteiger partial charge is 0.508 e. The van der Waals surface area contributed by atoms with Crippen molar-refractivity contribution in [3.63, 3.8) is 0 Å². The van der Waals surface area contributed by atoms with Crippen LogP contribution in [0.5, 0.6) is 23.0 Å². The molecule has 2 aliphatic heterocycles. The monoisotopic (exact) mass is 1040 g/mol. The van der Waals surface area contributed by atoms with Crippen molar-refractivity contribution in [2.24, 2.45) is 5.73 Å². The van der Waals surface area contributed by atoms with Crippen LogP contribution in [0.15, 0.2) is 78.4 Å². The Balaban J connectivity index is 0.664. The number of phenolic OH excluding ortho intramolecular Hbond substituents is 2. The third kappa shape index (κ3) is 13.5. The fraction of sp³-hybridized carbons (Fsp3) is 0.408. The molecule has 0 amide bonds. The zero-order valence-corrected chi connectivity index (χ0v) is 40.7. The van der Waals surface area contributed by atoms with Crippen molar-refractivity contribution in [1.29, 1.82) is 0 Å². The molecule has 0 bridgehead atoms. The molecule has 19 nitrogen and oxygen atoms in total. The lowest BCUT2D eigenvalue weighted by Gasteiger charge is -2.36. The molecule has 7 rings (SSSR count). The minimum Gasteiger partial charge on any atom is -0.508 e. The maximum absolute atomic E-state index is 14.5. The molecule has 1 aliphatic carbocycles. The number of anilines is 2. The molecule has 1 unspecified atom stereocenters. The molecule has 1 atom stereocenters. The van der Waals surface area contributed by atoms with E-state index in [0.29, 0.717) is 123 Å². The van der Waals surface area contributed by atoms with Gasteiger partial charge in [-0.1, -0.05) is 12.1 Å². The minimum atomic E-state index is -4.40. The molecule has 3 aliphatic rings. The maximum atomic E-state index is 14.5. The topological polar surface area (TPSA) is 254 Å². The van der Waals surface area contributed by atoms with E-state index in [-0.39, 0.29) is 62.0 Å². The Morgan fingerprint density at radius 3 is 1.83 bits per heavy atom. The number of carbonyl (C=O) groups excluding carboxylic acids is 2. The number of aromatic hydroxyl groups is 2. The number of allylic oxidation sites excluding steroid dienone is 1. The van der Waals surface area contributed by atoms with Crippen molar-refractivity contribution in [1.82, 2.24) is 5.32 Å². The van der Waals surface area contributed by atoms with Crippen LogP contribution in [0, 0.1) is 11.6 Å². The van der Waals surface area contributed by atoms with Crippen LogP contribution in [0.4, 0.5) is 20.2 Å². The summed E-state index contributed by atoms with van der Waals surface area (Å²) < 4.78 is 108. The van der Waals surface area contributed by atoms with Crippen molar-refractivity contribution < 1.29 is 79.6 Å². The van der Waals surface area contributed by atoms with Crippen LogP contribution < -0.4 is 25.8 Å². The van der Waals surface area contributed by atoms with Gasteiger partial charge >= 0.3 is 11.9 Å². The van der Waals surface area contributed by atoms with E-state index in [2.05, 4.69) is 10.6 Å². The van der Waals surface area contributed by atoms with Gasteiger partial charge in [0.25, 0.3) is 0 Å². The number of ether oxygens (including phenoxy) is 9. The van der Waals surface area contributed by atoms with Gasteiger partial charge in [0, 0.05) is 47.6 Å². The van der Waals surface area contributed by atoms with Gasteiger partial charge in [-0.05, 0) is 85.6 Å². The number of hydrogen-bond donors (Lipinski definition) is 6. The van der Waals surface area contributed by atoms with Crippen molar-refractivity contribution >= 4 is 50.7 Å². The molecule has 23 heteroatoms. The van der Waals surface area contributed by atoms with E-state index >= 15 is 0 Å². The number of phenols is 2. The molecule has 0 saturated carbocycles. The summed E-state index contributed by atoms with van der Waals surface area (Å²) in [7, 11) is -4.40. The number of halogens is 2. The molecule has 1 spiro atoms. The first-order chi connectivity index (χ1) is 34.8. The van der Waals surface area contributed by atoms with Crippen LogP contribution in [0.25, 0.3) is 0 Å². The van der Waals surface area contributed by atoms with E-state index in [9.17, 15) is 37.0 Å². The SMILES string of the molecule is NCc1cc(F)c(NS(=O)(=O)C2CCCC=C2C(=O)OCCOCCOCCOCCOCCOCCOCCNC(=S)Nc2ccc3c(c2)C(=O)OC32c3ccc(O)cc3Oc3cc(O)ccc32)c(F)c1. The first kappa shape index (κ1) is 53.8. The number of fused-ring (bicyclic) bond motifs is 6. The van der Waals surface area contributed by atoms with Crippen LogP contribution in [-0.4, -0.2) is 133 Å². The quantitative estimate of drug-likeness (QED) is 0.0253. The van der Waals surface area contributed by atoms with Crippen molar-refractivity contribution in [3.05, 3.63) is 118 Å². The number of esters is 2. The number of thiocarbonyl (C=S) groups is 1. The minimum absolute atomic E-state index is 0.0287. The maximum Gasteiger partial charge on any atom is 0.340 e. The average Bonchev–Trinajstić information content (AvgIpc) is 3.64. The number of sulfonamides is 1. The second-order valence-corrected chi connectivity index (χ2v) is 18.6. The highest BCUT2D eigenvalue weighted by atomic mass is 32.2. The summed E-state index contributed by atoms with van der Waals surface area (Å²) in [5, 5.41) is 25.4. The summed E-state index contributed by atoms with van der Waals surface area (Å²) in [6.07, 6.45) is 2.43. The molecule has 7 N–H and O–H groups in total. The first-order valence-corrected chi connectivity index (χ1v) is 25.1. The van der Waals surface area contributed by atoms with E-state index in [1.165, 1.54) is 30.3 Å². The second kappa shape index (κ2) is 25.6. The van der Waals surface area contributed by atoms with Gasteiger partial charge in [0.1, 0.15) is 40.5 Å². The Bertz CT molecular complexity index is 2640. The molecule has 4 aromatic carbocycles. The van der Waals surface area contributed by atoms with Crippen LogP contribution in [0.1, 0.15) is 51.9 Å². The molecular weight excluding hydrogens is 987 g/mol. The van der Waals surface area contributed by atoms with Crippen LogP contribution >= 0.6 is 12.2 Å². The van der Waals surface area contributed by atoms with Gasteiger partial charge in [-0.3, -0.25) is 4.72 Å². The highest BCUT2D eigenvalue weighted by Gasteiger charge is 2.53. The summed E-state index contributed by atoms with van der Waals surface area (Å²) in [5.74, 6) is -3.11.